The second-order valence-electron chi connectivity index (χ2n) is 1.72. The first-order valence-corrected chi connectivity index (χ1v) is 2.78. The van der Waals surface area contributed by atoms with Crippen molar-refractivity contribution in [3.63, 3.8) is 0 Å². The van der Waals surface area contributed by atoms with Gasteiger partial charge in [0.2, 0.25) is 0 Å². The number of nitrogens with zero attached hydrogens (tertiary/aromatic N) is 2. The molecule has 0 aliphatic heterocycles. The van der Waals surface area contributed by atoms with E-state index in [1.54, 1.807) is 12.4 Å². The van der Waals surface area contributed by atoms with E-state index in [0.717, 1.165) is 5.56 Å². The number of hydrogen-bond acceptors (Lipinski definition) is 3. The van der Waals surface area contributed by atoms with Gasteiger partial charge in [-0.2, -0.15) is 0 Å². The highest BCUT2D eigenvalue weighted by Crippen LogP contribution is 1.91. The molecule has 3 heteroatoms. The van der Waals surface area contributed by atoms with E-state index in [1.165, 1.54) is 6.33 Å². The largest absolute Gasteiger partial charge is 0.396 e. The molecule has 0 radical (unpaired) electrons. The first kappa shape index (κ1) is 6.16. The van der Waals surface area contributed by atoms with Crippen molar-refractivity contribution in [3.8, 4) is 0 Å². The molecule has 1 N–H and O–H groups in total. The highest BCUT2D eigenvalue weighted by Gasteiger charge is 1.87. The molecule has 1 rings (SSSR count). The van der Waals surface area contributed by atoms with Crippen LogP contribution in [0.3, 0.4) is 0 Å². The van der Waals surface area contributed by atoms with Crippen LogP contribution in [-0.4, -0.2) is 21.7 Å². The van der Waals surface area contributed by atoms with Crippen LogP contribution in [0.4, 0.5) is 0 Å². The van der Waals surface area contributed by atoms with E-state index in [9.17, 15) is 0 Å². The molecule has 0 atom stereocenters. The zero-order valence-corrected chi connectivity index (χ0v) is 4.99. The van der Waals surface area contributed by atoms with Crippen LogP contribution in [0.5, 0.6) is 0 Å². The third-order valence-corrected chi connectivity index (χ3v) is 1.01. The Kier molecular flexibility index (Phi) is 2.15. The van der Waals surface area contributed by atoms with E-state index < -0.39 is 0 Å². The van der Waals surface area contributed by atoms with Gasteiger partial charge in [-0.3, -0.25) is 0 Å². The van der Waals surface area contributed by atoms with E-state index in [-0.39, 0.29) is 6.61 Å². The van der Waals surface area contributed by atoms with Gasteiger partial charge in [0.15, 0.2) is 0 Å². The van der Waals surface area contributed by atoms with Crippen LogP contribution in [-0.2, 0) is 6.42 Å². The Labute approximate surface area is 53.4 Å². The number of aliphatic hydroxyl groups excluding tert-OH is 1. The van der Waals surface area contributed by atoms with Crippen molar-refractivity contribution >= 4 is 0 Å². The molecule has 0 fully saturated rings. The number of aliphatic hydroxyl groups is 1. The Hall–Kier alpha value is -0.960. The van der Waals surface area contributed by atoms with Crippen molar-refractivity contribution in [2.24, 2.45) is 0 Å². The van der Waals surface area contributed by atoms with Gasteiger partial charge in [-0.05, 0) is 12.0 Å². The quantitative estimate of drug-likeness (QED) is 0.604. The summed E-state index contributed by atoms with van der Waals surface area (Å²) in [5.74, 6) is 0. The van der Waals surface area contributed by atoms with Crippen LogP contribution in [0.2, 0.25) is 0 Å². The van der Waals surface area contributed by atoms with E-state index >= 15 is 0 Å². The molecule has 9 heavy (non-hydrogen) atoms. The van der Waals surface area contributed by atoms with Crippen molar-refractivity contribution in [1.29, 1.82) is 0 Å². The molecule has 0 bridgehead atoms. The van der Waals surface area contributed by atoms with E-state index in [1.807, 2.05) is 0 Å². The Balaban J connectivity index is 2.61. The highest BCUT2D eigenvalue weighted by atomic mass is 16.2. The van der Waals surface area contributed by atoms with E-state index in [4.69, 9.17) is 5.11 Å². The summed E-state index contributed by atoms with van der Waals surface area (Å²) in [6, 6.07) is 0. The van der Waals surface area contributed by atoms with Crippen LogP contribution < -0.4 is 0 Å². The summed E-state index contributed by atoms with van der Waals surface area (Å²) in [5, 5.41) is 8.46. The summed E-state index contributed by atoms with van der Waals surface area (Å²) in [7, 11) is 0. The van der Waals surface area contributed by atoms with Gasteiger partial charge in [0.25, 0.3) is 0 Å². The molecule has 1 aromatic rings. The summed E-state index contributed by atoms with van der Waals surface area (Å²) in [6.45, 7) is 0.160. The van der Waals surface area contributed by atoms with E-state index in [0.29, 0.717) is 6.42 Å². The van der Waals surface area contributed by atoms with Crippen LogP contribution in [0, 0.1) is 0 Å². The summed E-state index contributed by atoms with van der Waals surface area (Å²) >= 11 is 0. The average Bonchev–Trinajstić information content (AvgIpc) is 1.91. The lowest BCUT2D eigenvalue weighted by molar-refractivity contribution is 0.299. The van der Waals surface area contributed by atoms with Gasteiger partial charge in [-0.15, -0.1) is 0 Å². The zero-order chi connectivity index (χ0) is 6.53. The second-order valence-corrected chi connectivity index (χ2v) is 1.72. The molecule has 3 nitrogen and oxygen atoms in total. The fourth-order valence-electron chi connectivity index (χ4n) is 0.588. The van der Waals surface area contributed by atoms with Crippen molar-refractivity contribution < 1.29 is 5.11 Å². The summed E-state index contributed by atoms with van der Waals surface area (Å²) in [6.07, 6.45) is 5.51. The smallest absolute Gasteiger partial charge is 0.115 e. The second kappa shape index (κ2) is 3.14. The van der Waals surface area contributed by atoms with Crippen molar-refractivity contribution in [2.45, 2.75) is 6.42 Å². The van der Waals surface area contributed by atoms with E-state index in [2.05, 4.69) is 9.97 Å². The lowest BCUT2D eigenvalue weighted by atomic mass is 10.3. The highest BCUT2D eigenvalue weighted by molar-refractivity contribution is 5.01. The standard InChI is InChI=1S/C6H8N2O/c9-2-1-6-3-7-5-8-4-6/h3-5,9H,1-2H2. The SMILES string of the molecule is OCCc1cncnc1. The molecule has 0 aliphatic carbocycles. The number of rotatable bonds is 2. The van der Waals surface area contributed by atoms with Crippen LogP contribution in [0.25, 0.3) is 0 Å². The van der Waals surface area contributed by atoms with Gasteiger partial charge in [0, 0.05) is 19.0 Å². The molecule has 0 amide bonds. The molecular formula is C6H8N2O. The maximum atomic E-state index is 8.46. The molecule has 0 aromatic carbocycles. The Morgan fingerprint density at radius 3 is 2.56 bits per heavy atom. The lowest BCUT2D eigenvalue weighted by Gasteiger charge is -1.91. The monoisotopic (exact) mass is 124 g/mol. The molecule has 48 valence electrons. The maximum absolute atomic E-state index is 8.46. The molecule has 0 aliphatic rings. The van der Waals surface area contributed by atoms with Crippen LogP contribution in [0.15, 0.2) is 18.7 Å². The zero-order valence-electron chi connectivity index (χ0n) is 4.99. The molecule has 0 unspecified atom stereocenters. The normalized spacial score (nSPS) is 9.44. The minimum atomic E-state index is 0.160. The predicted molar refractivity (Wildman–Crippen MR) is 32.8 cm³/mol. The molecule has 0 saturated heterocycles. The Bertz CT molecular complexity index is 164. The number of hydrogen-bond donors (Lipinski definition) is 1. The average molecular weight is 124 g/mol. The predicted octanol–water partition coefficient (Wildman–Crippen LogP) is 0.0114. The van der Waals surface area contributed by atoms with Crippen molar-refractivity contribution in [1.82, 2.24) is 9.97 Å². The topological polar surface area (TPSA) is 46.0 Å². The molecule has 1 aromatic heterocycles. The van der Waals surface area contributed by atoms with Crippen molar-refractivity contribution in [2.75, 3.05) is 6.61 Å². The molecule has 1 heterocycles. The fraction of sp³-hybridized carbons (Fsp3) is 0.333. The van der Waals surface area contributed by atoms with Gasteiger partial charge in [-0.25, -0.2) is 9.97 Å². The summed E-state index contributed by atoms with van der Waals surface area (Å²) < 4.78 is 0. The Morgan fingerprint density at radius 2 is 2.00 bits per heavy atom. The molecule has 0 spiro atoms. The third kappa shape index (κ3) is 1.77. The maximum Gasteiger partial charge on any atom is 0.115 e. The van der Waals surface area contributed by atoms with Gasteiger partial charge in [0.05, 0.1) is 0 Å². The summed E-state index contributed by atoms with van der Waals surface area (Å²) in [4.78, 5) is 7.56. The lowest BCUT2D eigenvalue weighted by Crippen LogP contribution is -1.91. The minimum absolute atomic E-state index is 0.160. The minimum Gasteiger partial charge on any atom is -0.396 e. The fourth-order valence-corrected chi connectivity index (χ4v) is 0.588. The van der Waals surface area contributed by atoms with Crippen molar-refractivity contribution in [3.05, 3.63) is 24.3 Å². The molecule has 0 saturated carbocycles. The summed E-state index contributed by atoms with van der Waals surface area (Å²) in [5.41, 5.74) is 0.972. The van der Waals surface area contributed by atoms with Gasteiger partial charge >= 0.3 is 0 Å². The van der Waals surface area contributed by atoms with Gasteiger partial charge in [0.1, 0.15) is 6.33 Å². The van der Waals surface area contributed by atoms with Gasteiger partial charge < -0.3 is 5.11 Å². The third-order valence-electron chi connectivity index (χ3n) is 1.01. The number of aromatic nitrogens is 2. The van der Waals surface area contributed by atoms with Crippen LogP contribution in [0.1, 0.15) is 5.56 Å². The van der Waals surface area contributed by atoms with Gasteiger partial charge in [-0.1, -0.05) is 0 Å². The Morgan fingerprint density at radius 1 is 1.33 bits per heavy atom. The first-order chi connectivity index (χ1) is 4.43. The molecular weight excluding hydrogens is 116 g/mol. The van der Waals surface area contributed by atoms with Crippen LogP contribution >= 0.6 is 0 Å². The first-order valence-electron chi connectivity index (χ1n) is 2.78.